The lowest BCUT2D eigenvalue weighted by Gasteiger charge is -2.08. The van der Waals surface area contributed by atoms with Gasteiger partial charge in [0, 0.05) is 34.4 Å². The highest BCUT2D eigenvalue weighted by atomic mass is 35.5. The molecule has 0 radical (unpaired) electrons. The van der Waals surface area contributed by atoms with Gasteiger partial charge in [-0.2, -0.15) is 5.10 Å². The van der Waals surface area contributed by atoms with Crippen LogP contribution >= 0.6 is 23.2 Å². The maximum absolute atomic E-state index is 14.3. The first-order valence-corrected chi connectivity index (χ1v) is 10.3. The van der Waals surface area contributed by atoms with E-state index >= 15 is 0 Å². The second-order valence-corrected chi connectivity index (χ2v) is 7.80. The fourth-order valence-electron chi connectivity index (χ4n) is 3.28. The van der Waals surface area contributed by atoms with Gasteiger partial charge < -0.3 is 5.32 Å². The van der Waals surface area contributed by atoms with E-state index < -0.39 is 11.7 Å². The smallest absolute Gasteiger partial charge is 0.275 e. The molecule has 0 bridgehead atoms. The molecule has 32 heavy (non-hydrogen) atoms. The van der Waals surface area contributed by atoms with E-state index in [0.717, 1.165) is 6.07 Å². The number of hydrogen-bond acceptors (Lipinski definition) is 3. The molecule has 0 aliphatic heterocycles. The van der Waals surface area contributed by atoms with E-state index in [0.29, 0.717) is 16.8 Å². The Morgan fingerprint density at radius 3 is 2.38 bits per heavy atom. The molecule has 0 saturated carbocycles. The minimum absolute atomic E-state index is 0.00254. The summed E-state index contributed by atoms with van der Waals surface area (Å²) in [5.74, 6) is -1.31. The van der Waals surface area contributed by atoms with E-state index in [2.05, 4.69) is 10.4 Å². The standard InChI is InChI=1S/C24H16Cl2FN3O2/c1-30-22(20(26)21(29-30)18-11-10-16(25)13-19(18)27)24(32)28-17-9-5-8-15(12-17)23(31)14-6-3-2-4-7-14/h2-13H,1H3,(H,28,32). The van der Waals surface area contributed by atoms with Crippen molar-refractivity contribution in [1.82, 2.24) is 9.78 Å². The number of amides is 1. The average Bonchev–Trinajstić information content (AvgIpc) is 3.07. The molecule has 160 valence electrons. The fraction of sp³-hybridized carbons (Fsp3) is 0.0417. The van der Waals surface area contributed by atoms with Gasteiger partial charge in [-0.15, -0.1) is 0 Å². The third kappa shape index (κ3) is 4.28. The molecule has 0 fully saturated rings. The number of rotatable bonds is 5. The number of aryl methyl sites for hydroxylation is 1. The summed E-state index contributed by atoms with van der Waals surface area (Å²) in [6.45, 7) is 0. The van der Waals surface area contributed by atoms with E-state index in [1.165, 1.54) is 23.9 Å². The van der Waals surface area contributed by atoms with Crippen LogP contribution in [0, 0.1) is 5.82 Å². The van der Waals surface area contributed by atoms with Crippen molar-refractivity contribution in [2.45, 2.75) is 0 Å². The number of aromatic nitrogens is 2. The fourth-order valence-corrected chi connectivity index (χ4v) is 3.79. The molecule has 0 aliphatic carbocycles. The van der Waals surface area contributed by atoms with Crippen molar-refractivity contribution in [3.05, 3.63) is 105 Å². The van der Waals surface area contributed by atoms with Gasteiger partial charge in [0.25, 0.3) is 5.91 Å². The summed E-state index contributed by atoms with van der Waals surface area (Å²) >= 11 is 12.2. The molecule has 1 N–H and O–H groups in total. The highest BCUT2D eigenvalue weighted by molar-refractivity contribution is 6.36. The minimum atomic E-state index is -0.600. The number of carbonyl (C=O) groups excluding carboxylic acids is 2. The van der Waals surface area contributed by atoms with Crippen molar-refractivity contribution in [3.8, 4) is 11.3 Å². The van der Waals surface area contributed by atoms with Gasteiger partial charge in [0.15, 0.2) is 5.78 Å². The molecule has 0 aliphatic rings. The van der Waals surface area contributed by atoms with Crippen LogP contribution in [0.3, 0.4) is 0 Å². The van der Waals surface area contributed by atoms with Crippen molar-refractivity contribution in [2.24, 2.45) is 7.05 Å². The first-order valence-electron chi connectivity index (χ1n) is 9.54. The molecule has 1 amide bonds. The summed E-state index contributed by atoms with van der Waals surface area (Å²) in [6, 6.07) is 19.5. The topological polar surface area (TPSA) is 64.0 Å². The van der Waals surface area contributed by atoms with Crippen LogP contribution in [0.5, 0.6) is 0 Å². The van der Waals surface area contributed by atoms with Crippen LogP contribution in [0.25, 0.3) is 11.3 Å². The Kier molecular flexibility index (Phi) is 6.08. The second kappa shape index (κ2) is 8.94. The summed E-state index contributed by atoms with van der Waals surface area (Å²) in [5.41, 5.74) is 1.68. The summed E-state index contributed by atoms with van der Waals surface area (Å²) in [7, 11) is 1.54. The molecular weight excluding hydrogens is 452 g/mol. The second-order valence-electron chi connectivity index (χ2n) is 6.99. The predicted octanol–water partition coefficient (Wildman–Crippen LogP) is 6.02. The molecule has 0 atom stereocenters. The van der Waals surface area contributed by atoms with Gasteiger partial charge >= 0.3 is 0 Å². The Morgan fingerprint density at radius 1 is 0.938 bits per heavy atom. The third-order valence-corrected chi connectivity index (χ3v) is 5.40. The van der Waals surface area contributed by atoms with Crippen LogP contribution in [0.4, 0.5) is 10.1 Å². The van der Waals surface area contributed by atoms with Gasteiger partial charge in [0.1, 0.15) is 17.2 Å². The Labute approximate surface area is 193 Å². The number of ketones is 1. The van der Waals surface area contributed by atoms with Gasteiger partial charge in [0.05, 0.1) is 5.02 Å². The van der Waals surface area contributed by atoms with Gasteiger partial charge in [-0.25, -0.2) is 4.39 Å². The van der Waals surface area contributed by atoms with Gasteiger partial charge in [-0.1, -0.05) is 65.7 Å². The van der Waals surface area contributed by atoms with Crippen molar-refractivity contribution in [2.75, 3.05) is 5.32 Å². The average molecular weight is 468 g/mol. The largest absolute Gasteiger partial charge is 0.321 e. The lowest BCUT2D eigenvalue weighted by molar-refractivity contribution is 0.101. The Morgan fingerprint density at radius 2 is 1.66 bits per heavy atom. The first kappa shape index (κ1) is 21.7. The molecule has 4 rings (SSSR count). The SMILES string of the molecule is Cn1nc(-c2ccc(Cl)cc2F)c(Cl)c1C(=O)Nc1cccc(C(=O)c2ccccc2)c1. The zero-order valence-electron chi connectivity index (χ0n) is 16.8. The number of hydrogen-bond donors (Lipinski definition) is 1. The molecule has 8 heteroatoms. The van der Waals surface area contributed by atoms with Crippen LogP contribution < -0.4 is 5.32 Å². The van der Waals surface area contributed by atoms with Crippen molar-refractivity contribution in [1.29, 1.82) is 0 Å². The number of benzene rings is 3. The number of anilines is 1. The lowest BCUT2D eigenvalue weighted by Crippen LogP contribution is -2.17. The number of nitrogens with zero attached hydrogens (tertiary/aromatic N) is 2. The van der Waals surface area contributed by atoms with E-state index in [1.807, 2.05) is 6.07 Å². The Balaban J connectivity index is 1.61. The predicted molar refractivity (Wildman–Crippen MR) is 123 cm³/mol. The maximum atomic E-state index is 14.3. The summed E-state index contributed by atoms with van der Waals surface area (Å²) in [5, 5.41) is 7.17. The quantitative estimate of drug-likeness (QED) is 0.365. The maximum Gasteiger partial charge on any atom is 0.275 e. The number of nitrogens with one attached hydrogen (secondary N) is 1. The van der Waals surface area contributed by atoms with Crippen LogP contribution in [-0.2, 0) is 7.05 Å². The minimum Gasteiger partial charge on any atom is -0.321 e. The molecular formula is C24H16Cl2FN3O2. The summed E-state index contributed by atoms with van der Waals surface area (Å²) in [4.78, 5) is 25.6. The van der Waals surface area contributed by atoms with Gasteiger partial charge in [0.2, 0.25) is 0 Å². The molecule has 0 spiro atoms. The van der Waals surface area contributed by atoms with E-state index in [1.54, 1.807) is 48.5 Å². The van der Waals surface area contributed by atoms with Gasteiger partial charge in [-0.05, 0) is 30.3 Å². The van der Waals surface area contributed by atoms with Crippen LogP contribution in [0.2, 0.25) is 10.0 Å². The monoisotopic (exact) mass is 467 g/mol. The molecule has 3 aromatic carbocycles. The van der Waals surface area contributed by atoms with Crippen molar-refractivity contribution < 1.29 is 14.0 Å². The lowest BCUT2D eigenvalue weighted by atomic mass is 10.0. The molecule has 0 unspecified atom stereocenters. The molecule has 5 nitrogen and oxygen atoms in total. The number of halogens is 3. The van der Waals surface area contributed by atoms with E-state index in [-0.39, 0.29) is 32.8 Å². The zero-order valence-corrected chi connectivity index (χ0v) is 18.3. The van der Waals surface area contributed by atoms with Crippen LogP contribution in [0.15, 0.2) is 72.8 Å². The zero-order chi connectivity index (χ0) is 22.8. The highest BCUT2D eigenvalue weighted by Crippen LogP contribution is 2.33. The molecule has 0 saturated heterocycles. The van der Waals surface area contributed by atoms with E-state index in [9.17, 15) is 14.0 Å². The summed E-state index contributed by atoms with van der Waals surface area (Å²) < 4.78 is 15.6. The molecule has 1 aromatic heterocycles. The Bertz CT molecular complexity index is 1340. The summed E-state index contributed by atoms with van der Waals surface area (Å²) in [6.07, 6.45) is 0. The molecule has 1 heterocycles. The van der Waals surface area contributed by atoms with Crippen molar-refractivity contribution in [3.63, 3.8) is 0 Å². The highest BCUT2D eigenvalue weighted by Gasteiger charge is 2.24. The van der Waals surface area contributed by atoms with Crippen LogP contribution in [0.1, 0.15) is 26.4 Å². The number of carbonyl (C=O) groups is 2. The third-order valence-electron chi connectivity index (χ3n) is 4.81. The first-order chi connectivity index (χ1) is 15.3. The Hall–Kier alpha value is -3.48. The van der Waals surface area contributed by atoms with Crippen LogP contribution in [-0.4, -0.2) is 21.5 Å². The van der Waals surface area contributed by atoms with Gasteiger partial charge in [-0.3, -0.25) is 14.3 Å². The van der Waals surface area contributed by atoms with E-state index in [4.69, 9.17) is 23.2 Å². The molecule has 4 aromatic rings. The normalized spacial score (nSPS) is 10.8. The van der Waals surface area contributed by atoms with Crippen molar-refractivity contribution >= 4 is 40.6 Å².